The van der Waals surface area contributed by atoms with Crippen molar-refractivity contribution >= 4 is 0 Å². The molecule has 0 amide bonds. The third kappa shape index (κ3) is 5.22. The summed E-state index contributed by atoms with van der Waals surface area (Å²) in [6.45, 7) is 11.9. The number of rotatable bonds is 6. The molecular weight excluding hydrogens is 146 g/mol. The first-order valence-electron chi connectivity index (χ1n) is 4.96. The van der Waals surface area contributed by atoms with Crippen LogP contribution in [0.2, 0.25) is 0 Å². The second-order valence-corrected chi connectivity index (χ2v) is 3.94. The predicted octanol–water partition coefficient (Wildman–Crippen LogP) is 3.28. The highest BCUT2D eigenvalue weighted by Gasteiger charge is 2.03. The van der Waals surface area contributed by atoms with Gasteiger partial charge in [-0.05, 0) is 18.8 Å². The zero-order valence-electron chi connectivity index (χ0n) is 9.06. The summed E-state index contributed by atoms with van der Waals surface area (Å²) in [5.74, 6) is 0.724. The zero-order chi connectivity index (χ0) is 9.56. The van der Waals surface area contributed by atoms with Gasteiger partial charge in [0.05, 0.1) is 0 Å². The van der Waals surface area contributed by atoms with Crippen LogP contribution >= 0.6 is 0 Å². The molecule has 0 bridgehead atoms. The fourth-order valence-electron chi connectivity index (χ4n) is 1.18. The summed E-state index contributed by atoms with van der Waals surface area (Å²) >= 11 is 0. The zero-order valence-corrected chi connectivity index (χ0v) is 9.06. The highest BCUT2D eigenvalue weighted by atomic mass is 15.1. The number of nitrogens with zero attached hydrogens (tertiary/aromatic N) is 1. The summed E-state index contributed by atoms with van der Waals surface area (Å²) in [6.07, 6.45) is 3.66. The molecule has 0 unspecified atom stereocenters. The lowest BCUT2D eigenvalue weighted by Gasteiger charge is -2.22. The molecule has 0 saturated carbocycles. The maximum absolute atomic E-state index is 4.07. The summed E-state index contributed by atoms with van der Waals surface area (Å²) in [6, 6.07) is 0. The largest absolute Gasteiger partial charge is 0.378 e. The van der Waals surface area contributed by atoms with Crippen molar-refractivity contribution in [3.05, 3.63) is 12.3 Å². The van der Waals surface area contributed by atoms with Crippen LogP contribution in [-0.2, 0) is 0 Å². The Morgan fingerprint density at radius 1 is 1.42 bits per heavy atom. The van der Waals surface area contributed by atoms with Gasteiger partial charge in [-0.1, -0.05) is 33.8 Å². The van der Waals surface area contributed by atoms with Crippen LogP contribution in [0, 0.1) is 5.92 Å². The molecule has 0 heterocycles. The number of hydrogen-bond donors (Lipinski definition) is 0. The van der Waals surface area contributed by atoms with Crippen LogP contribution in [0.3, 0.4) is 0 Å². The summed E-state index contributed by atoms with van der Waals surface area (Å²) in [5, 5.41) is 0. The molecule has 0 N–H and O–H groups in total. The van der Waals surface area contributed by atoms with E-state index >= 15 is 0 Å². The summed E-state index contributed by atoms with van der Waals surface area (Å²) in [7, 11) is 2.14. The van der Waals surface area contributed by atoms with Gasteiger partial charge in [-0.3, -0.25) is 0 Å². The number of allylic oxidation sites excluding steroid dienone is 1. The lowest BCUT2D eigenvalue weighted by atomic mass is 10.1. The van der Waals surface area contributed by atoms with E-state index in [1.807, 2.05) is 0 Å². The first-order chi connectivity index (χ1) is 5.57. The van der Waals surface area contributed by atoms with E-state index < -0.39 is 0 Å². The molecule has 0 atom stereocenters. The van der Waals surface area contributed by atoms with Crippen LogP contribution in [0.25, 0.3) is 0 Å². The molecular formula is C11H23N. The number of hydrogen-bond acceptors (Lipinski definition) is 1. The molecule has 12 heavy (non-hydrogen) atoms. The molecule has 0 aliphatic heterocycles. The SMILES string of the molecule is C=C(CC(C)C)N(C)CCCC. The van der Waals surface area contributed by atoms with E-state index in [0.29, 0.717) is 0 Å². The minimum atomic E-state index is 0.724. The Morgan fingerprint density at radius 2 is 2.00 bits per heavy atom. The van der Waals surface area contributed by atoms with Crippen LogP contribution in [-0.4, -0.2) is 18.5 Å². The lowest BCUT2D eigenvalue weighted by molar-refractivity contribution is 0.377. The van der Waals surface area contributed by atoms with E-state index in [1.54, 1.807) is 0 Å². The Balaban J connectivity index is 3.61. The predicted molar refractivity (Wildman–Crippen MR) is 56.1 cm³/mol. The highest BCUT2D eigenvalue weighted by molar-refractivity contribution is 4.92. The van der Waals surface area contributed by atoms with E-state index in [4.69, 9.17) is 0 Å². The van der Waals surface area contributed by atoms with Crippen LogP contribution in [0.1, 0.15) is 40.0 Å². The van der Waals surface area contributed by atoms with E-state index in [0.717, 1.165) is 18.9 Å². The molecule has 0 aliphatic rings. The van der Waals surface area contributed by atoms with Crippen molar-refractivity contribution in [2.75, 3.05) is 13.6 Å². The topological polar surface area (TPSA) is 3.24 Å². The third-order valence-corrected chi connectivity index (χ3v) is 2.03. The summed E-state index contributed by atoms with van der Waals surface area (Å²) in [4.78, 5) is 2.28. The fraction of sp³-hybridized carbons (Fsp3) is 0.818. The average molecular weight is 169 g/mol. The molecule has 0 aromatic rings. The maximum Gasteiger partial charge on any atom is 0.0171 e. The van der Waals surface area contributed by atoms with E-state index in [2.05, 4.69) is 39.3 Å². The Hall–Kier alpha value is -0.460. The normalized spacial score (nSPS) is 10.4. The molecule has 0 radical (unpaired) electrons. The summed E-state index contributed by atoms with van der Waals surface area (Å²) in [5.41, 5.74) is 1.28. The lowest BCUT2D eigenvalue weighted by Crippen LogP contribution is -2.19. The van der Waals surface area contributed by atoms with Crippen LogP contribution in [0.15, 0.2) is 12.3 Å². The van der Waals surface area contributed by atoms with E-state index in [-0.39, 0.29) is 0 Å². The van der Waals surface area contributed by atoms with Gasteiger partial charge in [-0.25, -0.2) is 0 Å². The first-order valence-corrected chi connectivity index (χ1v) is 4.96. The molecule has 0 saturated heterocycles. The van der Waals surface area contributed by atoms with Gasteiger partial charge in [0.1, 0.15) is 0 Å². The molecule has 0 aromatic carbocycles. The highest BCUT2D eigenvalue weighted by Crippen LogP contribution is 2.12. The van der Waals surface area contributed by atoms with E-state index in [1.165, 1.54) is 18.5 Å². The van der Waals surface area contributed by atoms with Crippen molar-refractivity contribution < 1.29 is 0 Å². The molecule has 72 valence electrons. The quantitative estimate of drug-likeness (QED) is 0.590. The molecule has 0 rings (SSSR count). The second-order valence-electron chi connectivity index (χ2n) is 3.94. The molecule has 1 heteroatoms. The van der Waals surface area contributed by atoms with Crippen molar-refractivity contribution in [3.8, 4) is 0 Å². The van der Waals surface area contributed by atoms with Crippen LogP contribution < -0.4 is 0 Å². The third-order valence-electron chi connectivity index (χ3n) is 2.03. The monoisotopic (exact) mass is 169 g/mol. The van der Waals surface area contributed by atoms with Crippen molar-refractivity contribution in [2.24, 2.45) is 5.92 Å². The Bertz CT molecular complexity index is 127. The molecule has 0 spiro atoms. The van der Waals surface area contributed by atoms with Crippen LogP contribution in [0.4, 0.5) is 0 Å². The van der Waals surface area contributed by atoms with Crippen molar-refractivity contribution in [2.45, 2.75) is 40.0 Å². The van der Waals surface area contributed by atoms with Gasteiger partial charge in [0, 0.05) is 19.3 Å². The minimum absolute atomic E-state index is 0.724. The first kappa shape index (κ1) is 11.5. The minimum Gasteiger partial charge on any atom is -0.378 e. The van der Waals surface area contributed by atoms with Crippen molar-refractivity contribution in [1.29, 1.82) is 0 Å². The standard InChI is InChI=1S/C11H23N/c1-6-7-8-12(5)11(4)9-10(2)3/h10H,4,6-9H2,1-3,5H3. The Labute approximate surface area is 77.5 Å². The maximum atomic E-state index is 4.07. The Morgan fingerprint density at radius 3 is 2.42 bits per heavy atom. The van der Waals surface area contributed by atoms with Gasteiger partial charge >= 0.3 is 0 Å². The van der Waals surface area contributed by atoms with Crippen molar-refractivity contribution in [3.63, 3.8) is 0 Å². The fourth-order valence-corrected chi connectivity index (χ4v) is 1.18. The molecule has 1 nitrogen and oxygen atoms in total. The van der Waals surface area contributed by atoms with Crippen LogP contribution in [0.5, 0.6) is 0 Å². The van der Waals surface area contributed by atoms with Gasteiger partial charge in [-0.15, -0.1) is 0 Å². The average Bonchev–Trinajstić information content (AvgIpc) is 1.98. The van der Waals surface area contributed by atoms with Crippen molar-refractivity contribution in [1.82, 2.24) is 4.90 Å². The van der Waals surface area contributed by atoms with Gasteiger partial charge in [0.15, 0.2) is 0 Å². The van der Waals surface area contributed by atoms with Gasteiger partial charge in [-0.2, -0.15) is 0 Å². The van der Waals surface area contributed by atoms with Gasteiger partial charge in [0.25, 0.3) is 0 Å². The van der Waals surface area contributed by atoms with E-state index in [9.17, 15) is 0 Å². The smallest absolute Gasteiger partial charge is 0.0171 e. The molecule has 0 aromatic heterocycles. The summed E-state index contributed by atoms with van der Waals surface area (Å²) < 4.78 is 0. The molecule has 0 fully saturated rings. The Kier molecular flexibility index (Phi) is 5.87. The molecule has 0 aliphatic carbocycles. The second kappa shape index (κ2) is 6.10. The van der Waals surface area contributed by atoms with Gasteiger partial charge in [0.2, 0.25) is 0 Å². The number of unbranched alkanes of at least 4 members (excludes halogenated alkanes) is 1. The van der Waals surface area contributed by atoms with Gasteiger partial charge < -0.3 is 4.90 Å².